The molecule has 0 aromatic heterocycles. The molecule has 0 atom stereocenters. The average Bonchev–Trinajstić information content (AvgIpc) is 2.92. The lowest BCUT2D eigenvalue weighted by molar-refractivity contribution is -0.384. The molecule has 0 aliphatic carbocycles. The fourth-order valence-electron chi connectivity index (χ4n) is 2.56. The lowest BCUT2D eigenvalue weighted by Crippen LogP contribution is -2.30. The summed E-state index contributed by atoms with van der Waals surface area (Å²) in [4.78, 5) is 39.2. The zero-order valence-corrected chi connectivity index (χ0v) is 16.1. The van der Waals surface area contributed by atoms with Gasteiger partial charge >= 0.3 is 5.97 Å². The second-order valence-corrected chi connectivity index (χ2v) is 7.16. The number of amides is 1. The highest BCUT2D eigenvalue weighted by molar-refractivity contribution is 6.55. The smallest absolute Gasteiger partial charge is 0.314 e. The molecule has 0 unspecified atom stereocenters. The number of oxime groups is 1. The molecule has 1 aliphatic rings. The number of carbonyl (C=O) groups is 2. The Bertz CT molecular complexity index is 992. The maximum atomic E-state index is 12.8. The Kier molecular flexibility index (Phi) is 5.83. The van der Waals surface area contributed by atoms with E-state index in [1.807, 2.05) is 0 Å². The maximum absolute atomic E-state index is 12.8. The molecular formula is C17H10Cl3N3O5. The molecule has 0 bridgehead atoms. The number of carbonyl (C=O) groups excluding carboxylic acids is 2. The fourth-order valence-corrected chi connectivity index (χ4v) is 2.77. The van der Waals surface area contributed by atoms with E-state index in [9.17, 15) is 19.7 Å². The molecular weight excluding hydrogens is 433 g/mol. The van der Waals surface area contributed by atoms with Gasteiger partial charge < -0.3 is 9.74 Å². The molecule has 2 aromatic rings. The van der Waals surface area contributed by atoms with Crippen LogP contribution in [0.4, 0.5) is 11.4 Å². The summed E-state index contributed by atoms with van der Waals surface area (Å²) >= 11 is 16.7. The largest absolute Gasteiger partial charge is 0.367 e. The van der Waals surface area contributed by atoms with Gasteiger partial charge in [0, 0.05) is 22.7 Å². The van der Waals surface area contributed by atoms with E-state index in [4.69, 9.17) is 34.8 Å². The van der Waals surface area contributed by atoms with Gasteiger partial charge in [-0.25, -0.2) is 4.79 Å². The van der Waals surface area contributed by atoms with Crippen molar-refractivity contribution in [3.05, 3.63) is 68.7 Å². The van der Waals surface area contributed by atoms with E-state index in [0.29, 0.717) is 10.7 Å². The minimum atomic E-state index is -1.49. The molecule has 8 nitrogen and oxygen atoms in total. The highest BCUT2D eigenvalue weighted by atomic mass is 35.5. The van der Waals surface area contributed by atoms with Crippen LogP contribution >= 0.6 is 34.8 Å². The number of nitrogens with zero attached hydrogens (tertiary/aromatic N) is 3. The second-order valence-electron chi connectivity index (χ2n) is 5.63. The van der Waals surface area contributed by atoms with Crippen LogP contribution in [-0.2, 0) is 21.0 Å². The fraction of sp³-hybridized carbons (Fsp3) is 0.118. The first kappa shape index (κ1) is 20.1. The molecule has 0 saturated carbocycles. The Morgan fingerprint density at radius 1 is 1.21 bits per heavy atom. The number of rotatable bonds is 5. The highest BCUT2D eigenvalue weighted by Gasteiger charge is 2.36. The molecule has 0 fully saturated rings. The monoisotopic (exact) mass is 441 g/mol. The molecule has 0 spiro atoms. The SMILES string of the molecule is O=C(O/N=C1/C(=O)N(Cc2ccc(Cl)cc2)c2ccc([N+](=O)[O-])cc21)C(Cl)Cl. The third-order valence-corrected chi connectivity index (χ3v) is 4.45. The Balaban J connectivity index is 2.00. The number of nitro groups is 1. The molecule has 0 N–H and O–H groups in total. The van der Waals surface area contributed by atoms with Crippen molar-refractivity contribution in [3.8, 4) is 0 Å². The molecule has 3 rings (SSSR count). The zero-order valence-electron chi connectivity index (χ0n) is 13.8. The molecule has 28 heavy (non-hydrogen) atoms. The van der Waals surface area contributed by atoms with E-state index in [-0.39, 0.29) is 23.5 Å². The number of anilines is 1. The van der Waals surface area contributed by atoms with Crippen molar-refractivity contribution in [3.63, 3.8) is 0 Å². The van der Waals surface area contributed by atoms with E-state index in [0.717, 1.165) is 5.56 Å². The number of hydrogen-bond donors (Lipinski definition) is 0. The van der Waals surface area contributed by atoms with Crippen LogP contribution < -0.4 is 4.90 Å². The third-order valence-electron chi connectivity index (χ3n) is 3.84. The Morgan fingerprint density at radius 2 is 1.89 bits per heavy atom. The van der Waals surface area contributed by atoms with Crippen molar-refractivity contribution in [2.75, 3.05) is 4.90 Å². The quantitative estimate of drug-likeness (QED) is 0.303. The number of hydrogen-bond acceptors (Lipinski definition) is 6. The summed E-state index contributed by atoms with van der Waals surface area (Å²) in [5, 5.41) is 15.2. The van der Waals surface area contributed by atoms with E-state index in [1.165, 1.54) is 23.1 Å². The lowest BCUT2D eigenvalue weighted by atomic mass is 10.1. The molecule has 144 valence electrons. The van der Waals surface area contributed by atoms with E-state index in [1.54, 1.807) is 24.3 Å². The summed E-state index contributed by atoms with van der Waals surface area (Å²) in [7, 11) is 0. The van der Waals surface area contributed by atoms with E-state index < -0.39 is 21.6 Å². The summed E-state index contributed by atoms with van der Waals surface area (Å²) in [5.41, 5.74) is 0.790. The maximum Gasteiger partial charge on any atom is 0.367 e. The topological polar surface area (TPSA) is 102 Å². The number of fused-ring (bicyclic) bond motifs is 1. The van der Waals surface area contributed by atoms with Crippen LogP contribution in [-0.4, -0.2) is 27.3 Å². The van der Waals surface area contributed by atoms with Gasteiger partial charge in [-0.05, 0) is 23.8 Å². The Labute approximate surface area is 173 Å². The summed E-state index contributed by atoms with van der Waals surface area (Å²) in [6.45, 7) is 0.154. The van der Waals surface area contributed by atoms with Gasteiger partial charge in [-0.3, -0.25) is 14.9 Å². The molecule has 1 aliphatic heterocycles. The zero-order chi connectivity index (χ0) is 20.4. The predicted molar refractivity (Wildman–Crippen MR) is 104 cm³/mol. The van der Waals surface area contributed by atoms with Gasteiger partial charge in [0.1, 0.15) is 0 Å². The van der Waals surface area contributed by atoms with Crippen LogP contribution in [0.5, 0.6) is 0 Å². The van der Waals surface area contributed by atoms with Crippen LogP contribution in [0.1, 0.15) is 11.1 Å². The van der Waals surface area contributed by atoms with Crippen LogP contribution in [0.3, 0.4) is 0 Å². The van der Waals surface area contributed by atoms with Crippen LogP contribution in [0.15, 0.2) is 47.6 Å². The molecule has 0 saturated heterocycles. The summed E-state index contributed by atoms with van der Waals surface area (Å²) in [5.74, 6) is -1.68. The highest BCUT2D eigenvalue weighted by Crippen LogP contribution is 2.34. The van der Waals surface area contributed by atoms with Crippen molar-refractivity contribution < 1.29 is 19.3 Å². The minimum Gasteiger partial charge on any atom is -0.314 e. The number of nitro benzene ring substituents is 1. The van der Waals surface area contributed by atoms with Gasteiger partial charge in [0.2, 0.25) is 4.84 Å². The standard InChI is InChI=1S/C17H10Cl3N3O5/c18-10-3-1-9(2-4-10)8-22-13-6-5-11(23(26)27)7-12(13)14(16(22)24)21-28-17(25)15(19)20/h1-7,15H,8H2/b21-14+. The normalized spacial score (nSPS) is 14.5. The Hall–Kier alpha value is -2.68. The molecule has 2 aromatic carbocycles. The Morgan fingerprint density at radius 3 is 2.50 bits per heavy atom. The van der Waals surface area contributed by atoms with Crippen molar-refractivity contribution in [2.24, 2.45) is 5.16 Å². The van der Waals surface area contributed by atoms with Crippen molar-refractivity contribution in [2.45, 2.75) is 11.4 Å². The first-order chi connectivity index (χ1) is 13.3. The van der Waals surface area contributed by atoms with Gasteiger partial charge in [0.25, 0.3) is 11.6 Å². The molecule has 0 radical (unpaired) electrons. The first-order valence-corrected chi connectivity index (χ1v) is 8.95. The van der Waals surface area contributed by atoms with Gasteiger partial charge in [-0.15, -0.1) is 0 Å². The lowest BCUT2D eigenvalue weighted by Gasteiger charge is -2.16. The first-order valence-electron chi connectivity index (χ1n) is 7.70. The summed E-state index contributed by atoms with van der Waals surface area (Å²) in [6.07, 6.45) is 0. The van der Waals surface area contributed by atoms with Gasteiger partial charge in [0.05, 0.1) is 17.2 Å². The van der Waals surface area contributed by atoms with Crippen LogP contribution in [0, 0.1) is 10.1 Å². The van der Waals surface area contributed by atoms with Gasteiger partial charge in [-0.2, -0.15) is 0 Å². The van der Waals surface area contributed by atoms with E-state index >= 15 is 0 Å². The van der Waals surface area contributed by atoms with Crippen molar-refractivity contribution >= 4 is 63.8 Å². The molecule has 1 amide bonds. The molecule has 11 heteroatoms. The number of benzene rings is 2. The third kappa shape index (κ3) is 4.09. The van der Waals surface area contributed by atoms with Crippen LogP contribution in [0.25, 0.3) is 0 Å². The summed E-state index contributed by atoms with van der Waals surface area (Å²) < 4.78 is 0. The van der Waals surface area contributed by atoms with Gasteiger partial charge in [0.15, 0.2) is 5.71 Å². The minimum absolute atomic E-state index is 0.154. The van der Waals surface area contributed by atoms with Crippen molar-refractivity contribution in [1.82, 2.24) is 0 Å². The number of halogens is 3. The van der Waals surface area contributed by atoms with Crippen molar-refractivity contribution in [1.29, 1.82) is 0 Å². The molecule has 1 heterocycles. The number of alkyl halides is 2. The predicted octanol–water partition coefficient (Wildman–Crippen LogP) is 3.85. The van der Waals surface area contributed by atoms with Gasteiger partial charge in [-0.1, -0.05) is 52.1 Å². The number of non-ortho nitro benzene ring substituents is 1. The van der Waals surface area contributed by atoms with E-state index in [2.05, 4.69) is 9.99 Å². The second kappa shape index (κ2) is 8.14. The van der Waals surface area contributed by atoms with Crippen LogP contribution in [0.2, 0.25) is 5.02 Å². The average molecular weight is 443 g/mol. The summed E-state index contributed by atoms with van der Waals surface area (Å²) in [6, 6.07) is 10.7.